The number of aliphatic hydroxyl groups is 1. The lowest BCUT2D eigenvalue weighted by molar-refractivity contribution is -0.384. The third kappa shape index (κ3) is 3.84. The van der Waals surface area contributed by atoms with Gasteiger partial charge in [-0.15, -0.1) is 0 Å². The van der Waals surface area contributed by atoms with Crippen LogP contribution in [0.3, 0.4) is 0 Å². The first-order chi connectivity index (χ1) is 13.8. The molecule has 1 heterocycles. The van der Waals surface area contributed by atoms with Gasteiger partial charge in [0.15, 0.2) is 0 Å². The summed E-state index contributed by atoms with van der Waals surface area (Å²) in [7, 11) is 0. The van der Waals surface area contributed by atoms with Crippen LogP contribution < -0.4 is 0 Å². The van der Waals surface area contributed by atoms with E-state index >= 15 is 0 Å². The number of nitro groups is 1. The predicted molar refractivity (Wildman–Crippen MR) is 101 cm³/mol. The minimum Gasteiger partial charge on any atom is -0.507 e. The van der Waals surface area contributed by atoms with Gasteiger partial charge in [0.25, 0.3) is 17.4 Å². The molecule has 148 valence electrons. The minimum absolute atomic E-state index is 0.181. The Morgan fingerprint density at radius 1 is 1.03 bits per heavy atom. The van der Waals surface area contributed by atoms with Crippen LogP contribution >= 0.6 is 0 Å². The second kappa shape index (κ2) is 7.93. The molecule has 1 fully saturated rings. The number of nitrogens with zero attached hydrogens (tertiary/aromatic N) is 2. The quantitative estimate of drug-likeness (QED) is 0.251. The number of benzene rings is 2. The van der Waals surface area contributed by atoms with Crippen LogP contribution in [0.4, 0.5) is 5.69 Å². The number of hydrogen-bond acceptors (Lipinski definition) is 6. The summed E-state index contributed by atoms with van der Waals surface area (Å²) in [5.41, 5.74) is 0.285. The standard InChI is InChI=1S/C20H16N2O7/c23-15(24)10-11-21-17(12-6-8-14(9-7-12)22(28)29)16(19(26)20(21)27)18(25)13-4-2-1-3-5-13/h1-9,17,25H,10-11H2,(H,23,24)/t17-/m0/s1. The molecule has 1 atom stereocenters. The van der Waals surface area contributed by atoms with Crippen LogP contribution in [-0.2, 0) is 14.4 Å². The van der Waals surface area contributed by atoms with E-state index in [1.165, 1.54) is 24.3 Å². The van der Waals surface area contributed by atoms with E-state index in [0.29, 0.717) is 11.1 Å². The van der Waals surface area contributed by atoms with Crippen LogP contribution in [0, 0.1) is 10.1 Å². The van der Waals surface area contributed by atoms with Crippen LogP contribution in [0.5, 0.6) is 0 Å². The number of carboxylic acid groups (broad SMARTS) is 1. The van der Waals surface area contributed by atoms with E-state index in [4.69, 9.17) is 5.11 Å². The zero-order valence-corrected chi connectivity index (χ0v) is 15.0. The first kappa shape index (κ1) is 19.7. The molecule has 29 heavy (non-hydrogen) atoms. The molecule has 9 heteroatoms. The first-order valence-electron chi connectivity index (χ1n) is 8.61. The highest BCUT2D eigenvalue weighted by Gasteiger charge is 2.46. The maximum atomic E-state index is 12.7. The van der Waals surface area contributed by atoms with E-state index in [0.717, 1.165) is 4.90 Å². The average Bonchev–Trinajstić information content (AvgIpc) is 2.97. The Bertz CT molecular complexity index is 1010. The summed E-state index contributed by atoms with van der Waals surface area (Å²) in [6.45, 7) is -0.257. The van der Waals surface area contributed by atoms with Gasteiger partial charge < -0.3 is 15.1 Å². The van der Waals surface area contributed by atoms with E-state index in [9.17, 15) is 29.6 Å². The van der Waals surface area contributed by atoms with Crippen molar-refractivity contribution in [1.29, 1.82) is 0 Å². The zero-order chi connectivity index (χ0) is 21.1. The molecule has 9 nitrogen and oxygen atoms in total. The van der Waals surface area contributed by atoms with Crippen LogP contribution in [0.25, 0.3) is 5.76 Å². The van der Waals surface area contributed by atoms with Crippen LogP contribution in [0.15, 0.2) is 60.2 Å². The molecule has 2 N–H and O–H groups in total. The van der Waals surface area contributed by atoms with Gasteiger partial charge in [0.2, 0.25) is 0 Å². The molecule has 1 aliphatic rings. The van der Waals surface area contributed by atoms with Crippen molar-refractivity contribution in [3.05, 3.63) is 81.4 Å². The number of aliphatic carboxylic acids is 1. The van der Waals surface area contributed by atoms with Gasteiger partial charge in [0.05, 0.1) is 23.0 Å². The van der Waals surface area contributed by atoms with Gasteiger partial charge >= 0.3 is 5.97 Å². The zero-order valence-electron chi connectivity index (χ0n) is 15.0. The molecular weight excluding hydrogens is 380 g/mol. The van der Waals surface area contributed by atoms with Crippen molar-refractivity contribution in [2.45, 2.75) is 12.5 Å². The summed E-state index contributed by atoms with van der Waals surface area (Å²) < 4.78 is 0. The number of amides is 1. The number of carbonyl (C=O) groups is 3. The molecular formula is C20H16N2O7. The number of likely N-dealkylation sites (tertiary alicyclic amines) is 1. The molecule has 0 unspecified atom stereocenters. The number of hydrogen-bond donors (Lipinski definition) is 2. The molecule has 3 rings (SSSR count). The molecule has 0 spiro atoms. The van der Waals surface area contributed by atoms with Crippen molar-refractivity contribution in [3.63, 3.8) is 0 Å². The lowest BCUT2D eigenvalue weighted by Crippen LogP contribution is -2.31. The summed E-state index contributed by atoms with van der Waals surface area (Å²) in [4.78, 5) is 47.6. The van der Waals surface area contributed by atoms with Gasteiger partial charge in [-0.25, -0.2) is 0 Å². The van der Waals surface area contributed by atoms with E-state index in [2.05, 4.69) is 0 Å². The SMILES string of the molecule is O=C(O)CCN1C(=O)C(=O)C(=C(O)c2ccccc2)[C@@H]1c1ccc([N+](=O)[O-])cc1. The summed E-state index contributed by atoms with van der Waals surface area (Å²) >= 11 is 0. The van der Waals surface area contributed by atoms with Crippen LogP contribution in [-0.4, -0.2) is 44.2 Å². The second-order valence-electron chi connectivity index (χ2n) is 6.35. The number of carbonyl (C=O) groups excluding carboxylic acids is 2. The molecule has 1 amide bonds. The third-order valence-electron chi connectivity index (χ3n) is 4.57. The first-order valence-corrected chi connectivity index (χ1v) is 8.61. The highest BCUT2D eigenvalue weighted by Crippen LogP contribution is 2.39. The van der Waals surface area contributed by atoms with E-state index in [-0.39, 0.29) is 17.8 Å². The number of aliphatic hydroxyl groups excluding tert-OH is 1. The minimum atomic E-state index is -1.16. The molecule has 1 saturated heterocycles. The Balaban J connectivity index is 2.14. The normalized spacial score (nSPS) is 18.1. The number of carboxylic acids is 1. The van der Waals surface area contributed by atoms with Gasteiger partial charge in [-0.1, -0.05) is 30.3 Å². The van der Waals surface area contributed by atoms with E-state index in [1.54, 1.807) is 30.3 Å². The van der Waals surface area contributed by atoms with Gasteiger partial charge in [0, 0.05) is 24.2 Å². The van der Waals surface area contributed by atoms with Crippen molar-refractivity contribution in [1.82, 2.24) is 4.90 Å². The van der Waals surface area contributed by atoms with Crippen molar-refractivity contribution >= 4 is 29.1 Å². The second-order valence-corrected chi connectivity index (χ2v) is 6.35. The lowest BCUT2D eigenvalue weighted by atomic mass is 9.95. The highest BCUT2D eigenvalue weighted by atomic mass is 16.6. The fourth-order valence-corrected chi connectivity index (χ4v) is 3.20. The van der Waals surface area contributed by atoms with Crippen LogP contribution in [0.1, 0.15) is 23.6 Å². The predicted octanol–water partition coefficient (Wildman–Crippen LogP) is 2.49. The number of nitro benzene ring substituents is 1. The molecule has 2 aromatic carbocycles. The molecule has 0 radical (unpaired) electrons. The van der Waals surface area contributed by atoms with Crippen molar-refractivity contribution < 1.29 is 29.5 Å². The molecule has 0 aromatic heterocycles. The Labute approximate surface area is 164 Å². The fraction of sp³-hybridized carbons (Fsp3) is 0.150. The largest absolute Gasteiger partial charge is 0.507 e. The average molecular weight is 396 g/mol. The topological polar surface area (TPSA) is 138 Å². The van der Waals surface area contributed by atoms with Gasteiger partial charge in [-0.3, -0.25) is 24.5 Å². The Morgan fingerprint density at radius 3 is 2.21 bits per heavy atom. The Morgan fingerprint density at radius 2 is 1.66 bits per heavy atom. The summed E-state index contributed by atoms with van der Waals surface area (Å²) in [6.07, 6.45) is -0.401. The highest BCUT2D eigenvalue weighted by molar-refractivity contribution is 6.46. The Kier molecular flexibility index (Phi) is 5.40. The third-order valence-corrected chi connectivity index (χ3v) is 4.57. The monoisotopic (exact) mass is 396 g/mol. The van der Waals surface area contributed by atoms with Gasteiger partial charge in [-0.05, 0) is 17.7 Å². The van der Waals surface area contributed by atoms with E-state index < -0.39 is 40.8 Å². The molecule has 1 aliphatic heterocycles. The van der Waals surface area contributed by atoms with Crippen molar-refractivity contribution in [3.8, 4) is 0 Å². The summed E-state index contributed by atoms with van der Waals surface area (Å²) in [5, 5.41) is 30.6. The summed E-state index contributed by atoms with van der Waals surface area (Å²) in [6, 6.07) is 12.3. The van der Waals surface area contributed by atoms with E-state index in [1.807, 2.05) is 0 Å². The van der Waals surface area contributed by atoms with Crippen molar-refractivity contribution in [2.24, 2.45) is 0 Å². The Hall–Kier alpha value is -4.01. The summed E-state index contributed by atoms with van der Waals surface area (Å²) in [5.74, 6) is -3.44. The van der Waals surface area contributed by atoms with Crippen LogP contribution in [0.2, 0.25) is 0 Å². The fourth-order valence-electron chi connectivity index (χ4n) is 3.20. The molecule has 0 aliphatic carbocycles. The van der Waals surface area contributed by atoms with Gasteiger partial charge in [-0.2, -0.15) is 0 Å². The molecule has 2 aromatic rings. The van der Waals surface area contributed by atoms with Crippen molar-refractivity contribution in [2.75, 3.05) is 6.54 Å². The molecule has 0 saturated carbocycles. The maximum absolute atomic E-state index is 12.7. The maximum Gasteiger partial charge on any atom is 0.305 e. The number of non-ortho nitro benzene ring substituents is 1. The lowest BCUT2D eigenvalue weighted by Gasteiger charge is -2.24. The number of ketones is 1. The van der Waals surface area contributed by atoms with Gasteiger partial charge in [0.1, 0.15) is 5.76 Å². The number of Topliss-reactive ketones (excluding diaryl/α,β-unsaturated/α-hetero) is 1. The number of rotatable bonds is 6. The smallest absolute Gasteiger partial charge is 0.305 e. The molecule has 0 bridgehead atoms.